The van der Waals surface area contributed by atoms with Gasteiger partial charge in [-0.1, -0.05) is 17.8 Å². The molecule has 4 rings (SSSR count). The summed E-state index contributed by atoms with van der Waals surface area (Å²) in [5.74, 6) is -0.525. The number of aryl methyl sites for hydroxylation is 3. The predicted molar refractivity (Wildman–Crippen MR) is 117 cm³/mol. The second kappa shape index (κ2) is 8.28. The zero-order valence-electron chi connectivity index (χ0n) is 16.4. The molecule has 152 valence electrons. The largest absolute Gasteiger partial charge is 0.325 e. The number of halogens is 1. The number of hydrogen-bond acceptors (Lipinski definition) is 5. The highest BCUT2D eigenvalue weighted by molar-refractivity contribution is 7.99. The molecule has 1 aromatic carbocycles. The van der Waals surface area contributed by atoms with E-state index in [2.05, 4.69) is 5.32 Å². The summed E-state index contributed by atoms with van der Waals surface area (Å²) in [5.41, 5.74) is 2.11. The minimum Gasteiger partial charge on any atom is -0.325 e. The first-order valence-electron chi connectivity index (χ1n) is 9.71. The summed E-state index contributed by atoms with van der Waals surface area (Å²) in [7, 11) is 0. The van der Waals surface area contributed by atoms with Gasteiger partial charge in [-0.3, -0.25) is 14.2 Å². The smallest absolute Gasteiger partial charge is 0.263 e. The highest BCUT2D eigenvalue weighted by Crippen LogP contribution is 2.34. The van der Waals surface area contributed by atoms with Crippen LogP contribution >= 0.6 is 23.1 Å². The van der Waals surface area contributed by atoms with E-state index in [0.29, 0.717) is 23.0 Å². The van der Waals surface area contributed by atoms with Gasteiger partial charge >= 0.3 is 0 Å². The Balaban J connectivity index is 1.56. The second-order valence-electron chi connectivity index (χ2n) is 7.14. The highest BCUT2D eigenvalue weighted by atomic mass is 32.2. The topological polar surface area (TPSA) is 64.0 Å². The Kier molecular flexibility index (Phi) is 5.74. The lowest BCUT2D eigenvalue weighted by molar-refractivity contribution is -0.113. The lowest BCUT2D eigenvalue weighted by Crippen LogP contribution is -2.24. The third-order valence-electron chi connectivity index (χ3n) is 5.14. The number of thiophene rings is 1. The fourth-order valence-electron chi connectivity index (χ4n) is 3.61. The van der Waals surface area contributed by atoms with E-state index in [0.717, 1.165) is 35.9 Å². The average molecular weight is 432 g/mol. The monoisotopic (exact) mass is 431 g/mol. The van der Waals surface area contributed by atoms with E-state index in [-0.39, 0.29) is 23.0 Å². The minimum absolute atomic E-state index is 0.0135. The lowest BCUT2D eigenvalue weighted by atomic mass is 9.97. The first kappa shape index (κ1) is 20.1. The van der Waals surface area contributed by atoms with Crippen LogP contribution in [0.4, 0.5) is 10.1 Å². The van der Waals surface area contributed by atoms with Gasteiger partial charge in [0.25, 0.3) is 5.56 Å². The molecular formula is C21H22FN3O2S2. The van der Waals surface area contributed by atoms with Crippen LogP contribution in [-0.2, 0) is 24.2 Å². The van der Waals surface area contributed by atoms with Gasteiger partial charge in [0.05, 0.1) is 11.1 Å². The molecule has 5 nitrogen and oxygen atoms in total. The van der Waals surface area contributed by atoms with E-state index in [4.69, 9.17) is 4.98 Å². The Morgan fingerprint density at radius 2 is 2.14 bits per heavy atom. The van der Waals surface area contributed by atoms with Crippen LogP contribution in [0.25, 0.3) is 10.2 Å². The van der Waals surface area contributed by atoms with Crippen molar-refractivity contribution in [2.45, 2.75) is 51.2 Å². The molecule has 29 heavy (non-hydrogen) atoms. The normalized spacial score (nSPS) is 13.5. The standard InChI is InChI=1S/C21H22FN3O2S2/c1-3-25-20(27)18-14-6-4-5-7-16(14)29-19(18)24-21(25)28-11-17(26)23-13-9-8-12(2)15(22)10-13/h8-10H,3-7,11H2,1-2H3,(H,23,26). The number of aromatic nitrogens is 2. The Bertz CT molecular complexity index is 1150. The van der Waals surface area contributed by atoms with Crippen molar-refractivity contribution in [3.8, 4) is 0 Å². The zero-order chi connectivity index (χ0) is 20.5. The van der Waals surface area contributed by atoms with E-state index in [1.54, 1.807) is 35.0 Å². The maximum Gasteiger partial charge on any atom is 0.263 e. The number of carbonyl (C=O) groups is 1. The number of anilines is 1. The molecule has 0 atom stereocenters. The number of fused-ring (bicyclic) bond motifs is 3. The molecule has 0 spiro atoms. The van der Waals surface area contributed by atoms with Crippen molar-refractivity contribution in [3.05, 3.63) is 50.4 Å². The molecule has 1 amide bonds. The van der Waals surface area contributed by atoms with Gasteiger partial charge in [0.15, 0.2) is 5.16 Å². The van der Waals surface area contributed by atoms with Crippen LogP contribution in [0.2, 0.25) is 0 Å². The van der Waals surface area contributed by atoms with Crippen molar-refractivity contribution >= 4 is 44.9 Å². The van der Waals surface area contributed by atoms with Crippen LogP contribution in [0.1, 0.15) is 35.8 Å². The Hall–Kier alpha value is -2.19. The molecule has 1 aliphatic rings. The number of thioether (sulfide) groups is 1. The van der Waals surface area contributed by atoms with Crippen LogP contribution in [0.15, 0.2) is 28.2 Å². The Morgan fingerprint density at radius 3 is 2.90 bits per heavy atom. The summed E-state index contributed by atoms with van der Waals surface area (Å²) >= 11 is 2.84. The number of rotatable bonds is 5. The Labute approximate surface area is 176 Å². The summed E-state index contributed by atoms with van der Waals surface area (Å²) in [6, 6.07) is 4.60. The highest BCUT2D eigenvalue weighted by Gasteiger charge is 2.22. The fraction of sp³-hybridized carbons (Fsp3) is 0.381. The fourth-order valence-corrected chi connectivity index (χ4v) is 5.77. The molecule has 1 N–H and O–H groups in total. The van der Waals surface area contributed by atoms with Gasteiger partial charge in [-0.15, -0.1) is 11.3 Å². The molecular weight excluding hydrogens is 409 g/mol. The van der Waals surface area contributed by atoms with Gasteiger partial charge in [0.1, 0.15) is 10.6 Å². The van der Waals surface area contributed by atoms with Crippen molar-refractivity contribution in [2.75, 3.05) is 11.1 Å². The average Bonchev–Trinajstić information content (AvgIpc) is 3.08. The minimum atomic E-state index is -0.357. The van der Waals surface area contributed by atoms with Crippen LogP contribution in [0.5, 0.6) is 0 Å². The molecule has 0 aliphatic heterocycles. The van der Waals surface area contributed by atoms with Crippen molar-refractivity contribution in [1.29, 1.82) is 0 Å². The van der Waals surface area contributed by atoms with Gasteiger partial charge in [-0.2, -0.15) is 0 Å². The van der Waals surface area contributed by atoms with Crippen LogP contribution in [0, 0.1) is 12.7 Å². The summed E-state index contributed by atoms with van der Waals surface area (Å²) in [6.45, 7) is 4.08. The molecule has 0 fully saturated rings. The number of carbonyl (C=O) groups excluding carboxylic acids is 1. The summed E-state index contributed by atoms with van der Waals surface area (Å²) in [4.78, 5) is 32.2. The van der Waals surface area contributed by atoms with E-state index in [1.165, 1.54) is 28.3 Å². The van der Waals surface area contributed by atoms with E-state index >= 15 is 0 Å². The molecule has 0 saturated carbocycles. The van der Waals surface area contributed by atoms with Gasteiger partial charge in [-0.25, -0.2) is 9.37 Å². The maximum atomic E-state index is 13.7. The molecule has 0 radical (unpaired) electrons. The van der Waals surface area contributed by atoms with Gasteiger partial charge in [0, 0.05) is 17.1 Å². The van der Waals surface area contributed by atoms with Crippen molar-refractivity contribution in [3.63, 3.8) is 0 Å². The summed E-state index contributed by atoms with van der Waals surface area (Å²) in [6.07, 6.45) is 4.22. The second-order valence-corrected chi connectivity index (χ2v) is 9.16. The first-order chi connectivity index (χ1) is 14.0. The van der Waals surface area contributed by atoms with Crippen molar-refractivity contribution in [2.24, 2.45) is 0 Å². The molecule has 1 aliphatic carbocycles. The quantitative estimate of drug-likeness (QED) is 0.476. The number of nitrogens with zero attached hydrogens (tertiary/aromatic N) is 2. The number of benzene rings is 1. The van der Waals surface area contributed by atoms with Crippen LogP contribution in [-0.4, -0.2) is 21.2 Å². The van der Waals surface area contributed by atoms with Crippen molar-refractivity contribution in [1.82, 2.24) is 9.55 Å². The summed E-state index contributed by atoms with van der Waals surface area (Å²) in [5, 5.41) is 4.01. The van der Waals surface area contributed by atoms with Gasteiger partial charge in [0.2, 0.25) is 5.91 Å². The molecule has 0 unspecified atom stereocenters. The van der Waals surface area contributed by atoms with Crippen LogP contribution < -0.4 is 10.9 Å². The molecule has 2 aromatic heterocycles. The lowest BCUT2D eigenvalue weighted by Gasteiger charge is -2.12. The van der Waals surface area contributed by atoms with E-state index in [1.807, 2.05) is 6.92 Å². The summed E-state index contributed by atoms with van der Waals surface area (Å²) < 4.78 is 15.3. The predicted octanol–water partition coefficient (Wildman–Crippen LogP) is 4.54. The third-order valence-corrected chi connectivity index (χ3v) is 7.31. The van der Waals surface area contributed by atoms with E-state index < -0.39 is 0 Å². The van der Waals surface area contributed by atoms with Gasteiger partial charge < -0.3 is 5.32 Å². The zero-order valence-corrected chi connectivity index (χ0v) is 18.0. The number of amides is 1. The molecule has 3 aromatic rings. The first-order valence-corrected chi connectivity index (χ1v) is 11.5. The van der Waals surface area contributed by atoms with Crippen molar-refractivity contribution < 1.29 is 9.18 Å². The third kappa shape index (κ3) is 3.96. The molecule has 2 heterocycles. The molecule has 0 saturated heterocycles. The van der Waals surface area contributed by atoms with Crippen LogP contribution in [0.3, 0.4) is 0 Å². The molecule has 0 bridgehead atoms. The number of hydrogen-bond donors (Lipinski definition) is 1. The number of nitrogens with one attached hydrogen (secondary N) is 1. The Morgan fingerprint density at radius 1 is 1.34 bits per heavy atom. The van der Waals surface area contributed by atoms with Gasteiger partial charge in [-0.05, 0) is 62.8 Å². The maximum absolute atomic E-state index is 13.7. The van der Waals surface area contributed by atoms with E-state index in [9.17, 15) is 14.0 Å². The SMILES string of the molecule is CCn1c(SCC(=O)Nc2ccc(C)c(F)c2)nc2sc3c(c2c1=O)CCCC3. The molecule has 8 heteroatoms.